The highest BCUT2D eigenvalue weighted by molar-refractivity contribution is 7.47. The molecule has 0 aliphatic rings. The van der Waals surface area contributed by atoms with Crippen LogP contribution in [-0.2, 0) is 32.7 Å². The van der Waals surface area contributed by atoms with Gasteiger partial charge in [-0.3, -0.25) is 18.6 Å². The zero-order chi connectivity index (χ0) is 57.0. The number of allylic oxidation sites excluding steroid dienone is 26. The molecule has 440 valence electrons. The van der Waals surface area contributed by atoms with Crippen molar-refractivity contribution in [3.63, 3.8) is 0 Å². The van der Waals surface area contributed by atoms with Gasteiger partial charge in [-0.25, -0.2) is 4.57 Å². The van der Waals surface area contributed by atoms with Crippen LogP contribution in [0.1, 0.15) is 206 Å². The number of esters is 2. The number of rotatable bonds is 53. The number of unbranched alkanes of at least 4 members (excludes halogenated alkanes) is 13. The van der Waals surface area contributed by atoms with Crippen molar-refractivity contribution in [1.29, 1.82) is 0 Å². The normalized spacial score (nSPS) is 14.4. The zero-order valence-electron chi connectivity index (χ0n) is 49.8. The van der Waals surface area contributed by atoms with E-state index in [1.165, 1.54) is 25.7 Å². The number of quaternary nitrogens is 1. The average molecular weight is 1100 g/mol. The lowest BCUT2D eigenvalue weighted by molar-refractivity contribution is -0.870. The average Bonchev–Trinajstić information content (AvgIpc) is 3.41. The molecule has 1 N–H and O–H groups in total. The number of phosphoric acid groups is 1. The zero-order valence-corrected chi connectivity index (χ0v) is 50.7. The van der Waals surface area contributed by atoms with E-state index >= 15 is 0 Å². The highest BCUT2D eigenvalue weighted by Crippen LogP contribution is 2.43. The van der Waals surface area contributed by atoms with Crippen molar-refractivity contribution >= 4 is 19.8 Å². The molecule has 0 fully saturated rings. The molecule has 0 amide bonds. The lowest BCUT2D eigenvalue weighted by Gasteiger charge is -2.24. The van der Waals surface area contributed by atoms with Crippen molar-refractivity contribution in [2.75, 3.05) is 47.5 Å². The van der Waals surface area contributed by atoms with Gasteiger partial charge < -0.3 is 18.9 Å². The summed E-state index contributed by atoms with van der Waals surface area (Å²) < 4.78 is 34.6. The highest BCUT2D eigenvalue weighted by Gasteiger charge is 2.27. The van der Waals surface area contributed by atoms with E-state index in [2.05, 4.69) is 172 Å². The van der Waals surface area contributed by atoms with Crippen LogP contribution in [0.25, 0.3) is 0 Å². The molecular weight excluding hydrogens is 990 g/mol. The molecule has 9 nitrogen and oxygen atoms in total. The molecule has 0 aromatic rings. The Hall–Kier alpha value is -4.37. The van der Waals surface area contributed by atoms with E-state index < -0.39 is 32.5 Å². The molecule has 10 heteroatoms. The van der Waals surface area contributed by atoms with Crippen LogP contribution in [0.2, 0.25) is 0 Å². The number of carbonyl (C=O) groups excluding carboxylic acids is 2. The van der Waals surface area contributed by atoms with Crippen molar-refractivity contribution in [3.05, 3.63) is 158 Å². The number of hydrogen-bond acceptors (Lipinski definition) is 7. The Morgan fingerprint density at radius 1 is 0.397 bits per heavy atom. The maximum absolute atomic E-state index is 12.8. The molecule has 0 aliphatic heterocycles. The number of likely N-dealkylation sites (N-methyl/N-ethyl adjacent to an activating group) is 1. The second kappa shape index (κ2) is 57.3. The van der Waals surface area contributed by atoms with Crippen LogP contribution >= 0.6 is 7.82 Å². The number of nitrogens with zero attached hydrogens (tertiary/aromatic N) is 1. The highest BCUT2D eigenvalue weighted by atomic mass is 31.2. The molecular formula is C68H111NO8P+. The van der Waals surface area contributed by atoms with E-state index in [1.54, 1.807) is 0 Å². The lowest BCUT2D eigenvalue weighted by Crippen LogP contribution is -2.37. The van der Waals surface area contributed by atoms with Gasteiger partial charge in [-0.1, -0.05) is 230 Å². The monoisotopic (exact) mass is 1100 g/mol. The Labute approximate surface area is 477 Å². The Kier molecular flexibility index (Phi) is 54.1. The summed E-state index contributed by atoms with van der Waals surface area (Å²) in [5.41, 5.74) is 0. The van der Waals surface area contributed by atoms with Gasteiger partial charge in [0.15, 0.2) is 6.10 Å². The lowest BCUT2D eigenvalue weighted by atomic mass is 10.1. The summed E-state index contributed by atoms with van der Waals surface area (Å²) in [7, 11) is 1.43. The third-order valence-corrected chi connectivity index (χ3v) is 13.0. The summed E-state index contributed by atoms with van der Waals surface area (Å²) in [6.07, 6.45) is 85.9. The number of carbonyl (C=O) groups is 2. The van der Waals surface area contributed by atoms with Crippen LogP contribution in [-0.4, -0.2) is 74.9 Å². The predicted octanol–water partition coefficient (Wildman–Crippen LogP) is 19.3. The maximum atomic E-state index is 12.8. The number of phosphoric ester groups is 1. The molecule has 0 radical (unpaired) electrons. The van der Waals surface area contributed by atoms with Gasteiger partial charge >= 0.3 is 19.8 Å². The predicted molar refractivity (Wildman–Crippen MR) is 334 cm³/mol. The fourth-order valence-electron chi connectivity index (χ4n) is 7.47. The van der Waals surface area contributed by atoms with E-state index in [1.807, 2.05) is 21.1 Å². The number of ether oxygens (including phenoxy) is 2. The van der Waals surface area contributed by atoms with Crippen LogP contribution < -0.4 is 0 Å². The Balaban J connectivity index is 4.24. The summed E-state index contributed by atoms with van der Waals surface area (Å²) >= 11 is 0. The van der Waals surface area contributed by atoms with E-state index in [0.717, 1.165) is 141 Å². The van der Waals surface area contributed by atoms with Gasteiger partial charge in [-0.2, -0.15) is 0 Å². The van der Waals surface area contributed by atoms with Crippen LogP contribution in [0.3, 0.4) is 0 Å². The third-order valence-electron chi connectivity index (χ3n) is 12.1. The van der Waals surface area contributed by atoms with Gasteiger partial charge in [-0.15, -0.1) is 0 Å². The van der Waals surface area contributed by atoms with Crippen molar-refractivity contribution < 1.29 is 42.1 Å². The van der Waals surface area contributed by atoms with E-state index in [-0.39, 0.29) is 26.1 Å². The Morgan fingerprint density at radius 3 is 1.03 bits per heavy atom. The molecule has 0 heterocycles. The summed E-state index contributed by atoms with van der Waals surface area (Å²) in [4.78, 5) is 35.7. The van der Waals surface area contributed by atoms with Crippen molar-refractivity contribution in [2.24, 2.45) is 0 Å². The smallest absolute Gasteiger partial charge is 0.462 e. The van der Waals surface area contributed by atoms with Crippen molar-refractivity contribution in [3.8, 4) is 0 Å². The van der Waals surface area contributed by atoms with Crippen LogP contribution in [0.4, 0.5) is 0 Å². The van der Waals surface area contributed by atoms with Gasteiger partial charge in [-0.05, 0) is 122 Å². The molecule has 0 spiro atoms. The summed E-state index contributed by atoms with van der Waals surface area (Å²) in [5, 5.41) is 0. The third kappa shape index (κ3) is 60.9. The SMILES string of the molecule is CC/C=C\C/C=C\C/C=C\C/C=C\C/C=C\C/C=C\C/C=C\C/C=C\CCCCCCCCCCC(=O)OC(COC(=O)CCCCCCC/C=C\C/C=C\C/C=C\C/C=C\C/C=C\CC)COP(=O)(O)OCC[N+](C)(C)C. The van der Waals surface area contributed by atoms with Gasteiger partial charge in [0.05, 0.1) is 27.7 Å². The molecule has 0 rings (SSSR count). The molecule has 0 aromatic heterocycles. The van der Waals surface area contributed by atoms with Crippen LogP contribution in [0.15, 0.2) is 158 Å². The first kappa shape index (κ1) is 73.6. The molecule has 78 heavy (non-hydrogen) atoms. The Bertz CT molecular complexity index is 1870. The molecule has 0 saturated heterocycles. The van der Waals surface area contributed by atoms with E-state index in [4.69, 9.17) is 18.5 Å². The fourth-order valence-corrected chi connectivity index (χ4v) is 8.21. The summed E-state index contributed by atoms with van der Waals surface area (Å²) in [6.45, 7) is 4.15. The standard InChI is InChI=1S/C68H110NO8P/c1-6-8-10-12-14-16-18-20-22-24-26-28-29-30-31-32-33-34-35-36-37-38-39-41-43-45-47-49-51-53-55-57-59-61-68(71)77-66(65-76-78(72,73)75-63-62-69(3,4)5)64-74-67(70)60-58-56-54-52-50-48-46-44-42-40-27-25-23-21-19-17-15-13-11-9-7-2/h8-11,14-17,20-23,26-28,30-31,33-34,36-37,39-41,44,46,66H,6-7,12-13,18-19,24-25,29,32,35,38,42-43,45,47-65H2,1-5H3/p+1/b10-8-,11-9-,16-14-,17-15-,22-20-,23-21-,28-26-,31-30-,34-33-,37-36-,40-27-,41-39-,46-44-. The quantitative estimate of drug-likeness (QED) is 0.0211. The summed E-state index contributed by atoms with van der Waals surface area (Å²) in [5.74, 6) is -0.842. The second-order valence-corrected chi connectivity index (χ2v) is 22.1. The molecule has 0 saturated carbocycles. The molecule has 0 bridgehead atoms. The molecule has 2 unspecified atom stereocenters. The fraction of sp³-hybridized carbons (Fsp3) is 0.588. The minimum Gasteiger partial charge on any atom is -0.462 e. The largest absolute Gasteiger partial charge is 0.472 e. The van der Waals surface area contributed by atoms with Gasteiger partial charge in [0.1, 0.15) is 19.8 Å². The molecule has 2 atom stereocenters. The van der Waals surface area contributed by atoms with Crippen molar-refractivity contribution in [2.45, 2.75) is 213 Å². The first-order valence-electron chi connectivity index (χ1n) is 30.2. The second-order valence-electron chi connectivity index (χ2n) is 20.6. The molecule has 0 aliphatic carbocycles. The topological polar surface area (TPSA) is 108 Å². The van der Waals surface area contributed by atoms with Crippen LogP contribution in [0, 0.1) is 0 Å². The Morgan fingerprint density at radius 2 is 0.692 bits per heavy atom. The minimum atomic E-state index is -4.41. The number of hydrogen-bond donors (Lipinski definition) is 1. The van der Waals surface area contributed by atoms with Gasteiger partial charge in [0.25, 0.3) is 0 Å². The van der Waals surface area contributed by atoms with E-state index in [0.29, 0.717) is 23.9 Å². The molecule has 0 aromatic carbocycles. The van der Waals surface area contributed by atoms with Crippen LogP contribution in [0.5, 0.6) is 0 Å². The minimum absolute atomic E-state index is 0.0171. The van der Waals surface area contributed by atoms with E-state index in [9.17, 15) is 19.0 Å². The van der Waals surface area contributed by atoms with Gasteiger partial charge in [0.2, 0.25) is 0 Å². The van der Waals surface area contributed by atoms with Gasteiger partial charge in [0, 0.05) is 12.8 Å². The first-order chi connectivity index (χ1) is 38.0. The van der Waals surface area contributed by atoms with Crippen molar-refractivity contribution in [1.82, 2.24) is 0 Å². The first-order valence-corrected chi connectivity index (χ1v) is 31.7. The maximum Gasteiger partial charge on any atom is 0.472 e. The summed E-state index contributed by atoms with van der Waals surface area (Å²) in [6, 6.07) is 0.